The molecule has 6 aliphatic heterocycles. The van der Waals surface area contributed by atoms with Crippen LogP contribution >= 0.6 is 0 Å². The minimum atomic E-state index is -2.04. The maximum Gasteiger partial charge on any atom is 0.187 e. The van der Waals surface area contributed by atoms with Crippen LogP contribution < -0.4 is 0 Å². The van der Waals surface area contributed by atoms with E-state index in [9.17, 15) is 76.6 Å². The summed E-state index contributed by atoms with van der Waals surface area (Å²) in [5.41, 5.74) is 0. The second kappa shape index (κ2) is 18.1. The standard InChI is InChI=1S/C30H50O25/c31-1-6-11(33)16(38)19(41)26(49-6)46-5-10-15(37)25-23(45)28(51-10)48-4-9-13(35)17(39)20(42)29(52-9)54-24-14(36)7(2-32)50-27(22(24)44)47-3-8-12(34)18(40)21(43)30(53-8)55-25/h6-45H,1-5H2/t6-,7-,8-,9-,10-,11+,12-,13-,14-,15-,16+,17+,18+,19-,20-,21-,22-,23-,24+,25+,26-,27+,28+,29-,30-/m1/s1. The molecule has 320 valence electrons. The summed E-state index contributed by atoms with van der Waals surface area (Å²) in [5.74, 6) is 0. The van der Waals surface area contributed by atoms with Gasteiger partial charge in [-0.2, -0.15) is 0 Å². The molecule has 15 N–H and O–H groups in total. The van der Waals surface area contributed by atoms with Gasteiger partial charge in [-0.25, -0.2) is 0 Å². The van der Waals surface area contributed by atoms with Crippen LogP contribution in [0.1, 0.15) is 0 Å². The fourth-order valence-electron chi connectivity index (χ4n) is 7.11. The van der Waals surface area contributed by atoms with Crippen molar-refractivity contribution in [2.45, 2.75) is 154 Å². The summed E-state index contributed by atoms with van der Waals surface area (Å²) in [6.07, 6.45) is -45.4. The van der Waals surface area contributed by atoms with E-state index in [4.69, 9.17) is 47.4 Å². The van der Waals surface area contributed by atoms with E-state index in [1.54, 1.807) is 0 Å². The Kier molecular flexibility index (Phi) is 14.3. The molecule has 0 aromatic heterocycles. The molecule has 0 saturated carbocycles. The van der Waals surface area contributed by atoms with Crippen molar-refractivity contribution in [2.75, 3.05) is 33.0 Å². The van der Waals surface area contributed by atoms with E-state index in [1.165, 1.54) is 0 Å². The Labute approximate surface area is 310 Å². The molecule has 0 spiro atoms. The van der Waals surface area contributed by atoms with Gasteiger partial charge >= 0.3 is 0 Å². The lowest BCUT2D eigenvalue weighted by Crippen LogP contribution is -2.67. The number of aliphatic hydroxyl groups excluding tert-OH is 15. The van der Waals surface area contributed by atoms with Crippen LogP contribution in [0.5, 0.6) is 0 Å². The first-order valence-corrected chi connectivity index (χ1v) is 17.6. The van der Waals surface area contributed by atoms with E-state index < -0.39 is 187 Å². The largest absolute Gasteiger partial charge is 0.394 e. The van der Waals surface area contributed by atoms with Crippen LogP contribution in [0.4, 0.5) is 0 Å². The first kappa shape index (κ1) is 43.6. The molecule has 6 aliphatic rings. The van der Waals surface area contributed by atoms with Gasteiger partial charge in [0, 0.05) is 0 Å². The SMILES string of the molecule is OC[C@H]1O[C@@H](OC[C@H]2O[C@@H]3OC[C@H]4O[C@H](O[C@@H]5[C@@H](O)[C@@H](OC[C@H]6O[C@H](O[C@H]([C@H]3O)[C@@H]2O)[C@H](O)[C@@H](O)[C@@H]6O)O[C@H](CO)[C@H]5O)[C@H](O)[C@@H](O)[C@@H]4O)[C@H](O)[C@@H](O)[C@H]1O. The predicted molar refractivity (Wildman–Crippen MR) is 163 cm³/mol. The van der Waals surface area contributed by atoms with Crippen molar-refractivity contribution >= 4 is 0 Å². The number of hydrogen-bond donors (Lipinski definition) is 15. The van der Waals surface area contributed by atoms with Crippen LogP contribution in [-0.2, 0) is 47.4 Å². The van der Waals surface area contributed by atoms with Gasteiger partial charge in [0.25, 0.3) is 0 Å². The maximum atomic E-state index is 11.4. The maximum absolute atomic E-state index is 11.4. The van der Waals surface area contributed by atoms with Crippen LogP contribution in [0.25, 0.3) is 0 Å². The van der Waals surface area contributed by atoms with Crippen molar-refractivity contribution < 1.29 is 124 Å². The molecule has 25 nitrogen and oxygen atoms in total. The average Bonchev–Trinajstić information content (AvgIpc) is 3.17. The third-order valence-electron chi connectivity index (χ3n) is 10.5. The van der Waals surface area contributed by atoms with Crippen molar-refractivity contribution in [1.29, 1.82) is 0 Å². The number of rotatable bonds is 5. The molecular formula is C30H50O25. The zero-order valence-corrected chi connectivity index (χ0v) is 28.8. The van der Waals surface area contributed by atoms with Crippen LogP contribution in [0, 0.1) is 0 Å². The lowest BCUT2D eigenvalue weighted by atomic mass is 9.96. The molecular weight excluding hydrogens is 760 g/mol. The Hall–Kier alpha value is -1.00. The summed E-state index contributed by atoms with van der Waals surface area (Å²) in [6.45, 7) is -3.90. The number of aliphatic hydroxyl groups is 15. The Morgan fingerprint density at radius 2 is 0.782 bits per heavy atom. The summed E-state index contributed by atoms with van der Waals surface area (Å²) in [5, 5.41) is 159. The Balaban J connectivity index is 1.29. The Morgan fingerprint density at radius 3 is 1.25 bits per heavy atom. The predicted octanol–water partition coefficient (Wildman–Crippen LogP) is -10.9. The first-order valence-electron chi connectivity index (χ1n) is 17.6. The average molecular weight is 811 g/mol. The smallest absolute Gasteiger partial charge is 0.187 e. The highest BCUT2D eigenvalue weighted by molar-refractivity contribution is 4.98. The van der Waals surface area contributed by atoms with Gasteiger partial charge in [-0.15, -0.1) is 0 Å². The molecule has 8 bridgehead atoms. The molecule has 55 heavy (non-hydrogen) atoms. The molecule has 0 unspecified atom stereocenters. The van der Waals surface area contributed by atoms with E-state index in [0.717, 1.165) is 0 Å². The van der Waals surface area contributed by atoms with Crippen LogP contribution in [0.15, 0.2) is 0 Å². The summed E-state index contributed by atoms with van der Waals surface area (Å²) < 4.78 is 56.0. The fourth-order valence-corrected chi connectivity index (χ4v) is 7.11. The van der Waals surface area contributed by atoms with E-state index in [0.29, 0.717) is 0 Å². The fraction of sp³-hybridized carbons (Fsp3) is 1.00. The summed E-state index contributed by atoms with van der Waals surface area (Å²) in [7, 11) is 0. The second-order valence-electron chi connectivity index (χ2n) is 14.2. The van der Waals surface area contributed by atoms with Crippen LogP contribution in [-0.4, -0.2) is 263 Å². The quantitative estimate of drug-likeness (QED) is 0.123. The third-order valence-corrected chi connectivity index (χ3v) is 10.5. The summed E-state index contributed by atoms with van der Waals surface area (Å²) in [6, 6.07) is 0. The van der Waals surface area contributed by atoms with Gasteiger partial charge in [-0.05, 0) is 0 Å². The zero-order valence-electron chi connectivity index (χ0n) is 28.8. The van der Waals surface area contributed by atoms with E-state index >= 15 is 0 Å². The minimum Gasteiger partial charge on any atom is -0.394 e. The minimum absolute atomic E-state index is 0.742. The highest BCUT2D eigenvalue weighted by Crippen LogP contribution is 2.34. The molecule has 0 aromatic rings. The third kappa shape index (κ3) is 8.68. The number of fused-ring (bicyclic) bond motifs is 8. The Morgan fingerprint density at radius 1 is 0.364 bits per heavy atom. The Bertz CT molecular complexity index is 1220. The summed E-state index contributed by atoms with van der Waals surface area (Å²) >= 11 is 0. The van der Waals surface area contributed by atoms with E-state index in [2.05, 4.69) is 0 Å². The van der Waals surface area contributed by atoms with Crippen molar-refractivity contribution in [2.24, 2.45) is 0 Å². The molecule has 6 heterocycles. The van der Waals surface area contributed by atoms with Gasteiger partial charge in [0.15, 0.2) is 31.5 Å². The molecule has 25 heteroatoms. The molecule has 6 fully saturated rings. The lowest BCUT2D eigenvalue weighted by Gasteiger charge is -2.48. The van der Waals surface area contributed by atoms with Gasteiger partial charge < -0.3 is 124 Å². The zero-order chi connectivity index (χ0) is 40.0. The van der Waals surface area contributed by atoms with Gasteiger partial charge in [0.05, 0.1) is 33.0 Å². The molecule has 25 atom stereocenters. The van der Waals surface area contributed by atoms with Crippen molar-refractivity contribution in [3.8, 4) is 0 Å². The normalized spacial score (nSPS) is 55.6. The highest BCUT2D eigenvalue weighted by Gasteiger charge is 2.55. The van der Waals surface area contributed by atoms with Gasteiger partial charge in [-0.3, -0.25) is 0 Å². The topological polar surface area (TPSA) is 396 Å². The van der Waals surface area contributed by atoms with Crippen molar-refractivity contribution in [1.82, 2.24) is 0 Å². The number of hydrogen-bond acceptors (Lipinski definition) is 25. The lowest BCUT2D eigenvalue weighted by molar-refractivity contribution is -0.385. The molecule has 6 rings (SSSR count). The van der Waals surface area contributed by atoms with Crippen molar-refractivity contribution in [3.05, 3.63) is 0 Å². The molecule has 0 amide bonds. The molecule has 0 radical (unpaired) electrons. The van der Waals surface area contributed by atoms with Crippen LogP contribution in [0.3, 0.4) is 0 Å². The highest BCUT2D eigenvalue weighted by atomic mass is 16.8. The van der Waals surface area contributed by atoms with Crippen molar-refractivity contribution in [3.63, 3.8) is 0 Å². The van der Waals surface area contributed by atoms with Gasteiger partial charge in [0.1, 0.15) is 122 Å². The second-order valence-corrected chi connectivity index (χ2v) is 14.2. The van der Waals surface area contributed by atoms with E-state index in [-0.39, 0.29) is 0 Å². The first-order chi connectivity index (χ1) is 26.1. The van der Waals surface area contributed by atoms with E-state index in [1.807, 2.05) is 0 Å². The van der Waals surface area contributed by atoms with Crippen LogP contribution in [0.2, 0.25) is 0 Å². The monoisotopic (exact) mass is 810 g/mol. The number of ether oxygens (including phenoxy) is 10. The molecule has 0 aromatic carbocycles. The van der Waals surface area contributed by atoms with Gasteiger partial charge in [-0.1, -0.05) is 0 Å². The summed E-state index contributed by atoms with van der Waals surface area (Å²) in [4.78, 5) is 0. The molecule has 0 aliphatic carbocycles. The van der Waals surface area contributed by atoms with Gasteiger partial charge in [0.2, 0.25) is 0 Å². The molecule has 6 saturated heterocycles.